The Morgan fingerprint density at radius 1 is 1.35 bits per heavy atom. The number of anilines is 1. The van der Waals surface area contributed by atoms with Crippen molar-refractivity contribution in [2.75, 3.05) is 37.6 Å². The second-order valence-corrected chi connectivity index (χ2v) is 6.38. The molecule has 1 saturated heterocycles. The summed E-state index contributed by atoms with van der Waals surface area (Å²) in [6.07, 6.45) is 2.07. The zero-order chi connectivity index (χ0) is 14.2. The molecule has 1 aromatic carbocycles. The van der Waals surface area contributed by atoms with Crippen molar-refractivity contribution >= 4 is 11.6 Å². The number of likely N-dealkylation sites (tertiary alicyclic amines) is 1. The maximum atomic E-state index is 12.5. The molecule has 4 nitrogen and oxygen atoms in total. The molecule has 108 valence electrons. The Bertz CT molecular complexity index is 516. The number of fused-ring (bicyclic) bond motifs is 1. The number of nitrogens with two attached hydrogens (primary N) is 1. The lowest BCUT2D eigenvalue weighted by molar-refractivity contribution is -0.129. The van der Waals surface area contributed by atoms with Crippen molar-refractivity contribution in [3.8, 4) is 0 Å². The molecule has 0 radical (unpaired) electrons. The predicted molar refractivity (Wildman–Crippen MR) is 80.7 cm³/mol. The molecule has 0 bridgehead atoms. The number of benzene rings is 1. The zero-order valence-electron chi connectivity index (χ0n) is 12.1. The maximum Gasteiger partial charge on any atom is 0.242 e. The lowest BCUT2D eigenvalue weighted by Crippen LogP contribution is -2.40. The Morgan fingerprint density at radius 3 is 2.90 bits per heavy atom. The van der Waals surface area contributed by atoms with E-state index in [0.29, 0.717) is 13.1 Å². The van der Waals surface area contributed by atoms with Crippen LogP contribution < -0.4 is 10.6 Å². The number of carbonyl (C=O) groups excluding carboxylic acids is 1. The molecule has 1 atom stereocenters. The molecule has 2 aliphatic heterocycles. The Kier molecular flexibility index (Phi) is 3.42. The van der Waals surface area contributed by atoms with Crippen LogP contribution in [0.5, 0.6) is 0 Å². The van der Waals surface area contributed by atoms with Crippen molar-refractivity contribution < 1.29 is 4.79 Å². The third-order valence-corrected chi connectivity index (χ3v) is 4.71. The Morgan fingerprint density at radius 2 is 2.15 bits per heavy atom. The minimum atomic E-state index is 0.110. The SMILES string of the molecule is CC1(CN)CCN(C(=O)CN2CCc3ccccc32)C1. The zero-order valence-corrected chi connectivity index (χ0v) is 12.1. The van der Waals surface area contributed by atoms with Gasteiger partial charge in [-0.3, -0.25) is 4.79 Å². The smallest absolute Gasteiger partial charge is 0.242 e. The third kappa shape index (κ3) is 2.40. The number of hydrogen-bond acceptors (Lipinski definition) is 3. The van der Waals surface area contributed by atoms with E-state index >= 15 is 0 Å². The molecular formula is C16H23N3O. The van der Waals surface area contributed by atoms with Gasteiger partial charge < -0.3 is 15.5 Å². The van der Waals surface area contributed by atoms with Gasteiger partial charge in [0.1, 0.15) is 0 Å². The first kappa shape index (κ1) is 13.4. The molecule has 2 heterocycles. The topological polar surface area (TPSA) is 49.6 Å². The first-order valence-electron chi connectivity index (χ1n) is 7.42. The first-order chi connectivity index (χ1) is 9.61. The van der Waals surface area contributed by atoms with E-state index in [2.05, 4.69) is 30.0 Å². The summed E-state index contributed by atoms with van der Waals surface area (Å²) in [6.45, 7) is 5.93. The summed E-state index contributed by atoms with van der Waals surface area (Å²) in [5, 5.41) is 0. The number of nitrogens with zero attached hydrogens (tertiary/aromatic N) is 2. The Balaban J connectivity index is 1.64. The minimum Gasteiger partial charge on any atom is -0.362 e. The minimum absolute atomic E-state index is 0.110. The van der Waals surface area contributed by atoms with Crippen LogP contribution in [0.4, 0.5) is 5.69 Å². The monoisotopic (exact) mass is 273 g/mol. The lowest BCUT2D eigenvalue weighted by Gasteiger charge is -2.25. The van der Waals surface area contributed by atoms with Crippen LogP contribution in [0.3, 0.4) is 0 Å². The van der Waals surface area contributed by atoms with Crippen LogP contribution in [0.1, 0.15) is 18.9 Å². The molecule has 0 aliphatic carbocycles. The fourth-order valence-corrected chi connectivity index (χ4v) is 3.24. The molecule has 0 spiro atoms. The van der Waals surface area contributed by atoms with Crippen LogP contribution >= 0.6 is 0 Å². The van der Waals surface area contributed by atoms with Gasteiger partial charge >= 0.3 is 0 Å². The summed E-state index contributed by atoms with van der Waals surface area (Å²) in [5.41, 5.74) is 8.50. The molecule has 20 heavy (non-hydrogen) atoms. The van der Waals surface area contributed by atoms with Crippen molar-refractivity contribution in [3.05, 3.63) is 29.8 Å². The summed E-state index contributed by atoms with van der Waals surface area (Å²) in [6, 6.07) is 8.38. The third-order valence-electron chi connectivity index (χ3n) is 4.71. The van der Waals surface area contributed by atoms with Gasteiger partial charge in [-0.05, 0) is 36.4 Å². The van der Waals surface area contributed by atoms with Crippen molar-refractivity contribution in [3.63, 3.8) is 0 Å². The Labute approximate surface area is 120 Å². The summed E-state index contributed by atoms with van der Waals surface area (Å²) >= 11 is 0. The number of para-hydroxylation sites is 1. The van der Waals surface area contributed by atoms with E-state index < -0.39 is 0 Å². The van der Waals surface area contributed by atoms with E-state index in [0.717, 1.165) is 32.5 Å². The van der Waals surface area contributed by atoms with Crippen LogP contribution in [-0.4, -0.2) is 43.5 Å². The number of amides is 1. The van der Waals surface area contributed by atoms with Gasteiger partial charge in [0, 0.05) is 25.3 Å². The van der Waals surface area contributed by atoms with Crippen molar-refractivity contribution in [1.29, 1.82) is 0 Å². The molecule has 0 aromatic heterocycles. The highest BCUT2D eigenvalue weighted by atomic mass is 16.2. The number of rotatable bonds is 3. The second kappa shape index (κ2) is 5.09. The molecule has 1 unspecified atom stereocenters. The molecule has 1 fully saturated rings. The largest absolute Gasteiger partial charge is 0.362 e. The molecule has 1 aromatic rings. The van der Waals surface area contributed by atoms with Crippen molar-refractivity contribution in [1.82, 2.24) is 4.90 Å². The molecule has 2 aliphatic rings. The van der Waals surface area contributed by atoms with E-state index in [9.17, 15) is 4.79 Å². The highest BCUT2D eigenvalue weighted by Crippen LogP contribution is 2.30. The molecule has 4 heteroatoms. The lowest BCUT2D eigenvalue weighted by atomic mass is 9.90. The molecule has 1 amide bonds. The van der Waals surface area contributed by atoms with Gasteiger partial charge in [0.2, 0.25) is 5.91 Å². The van der Waals surface area contributed by atoms with Crippen molar-refractivity contribution in [2.45, 2.75) is 19.8 Å². The van der Waals surface area contributed by atoms with E-state index in [-0.39, 0.29) is 11.3 Å². The predicted octanol–water partition coefficient (Wildman–Crippen LogP) is 1.25. The quantitative estimate of drug-likeness (QED) is 0.901. The normalized spacial score (nSPS) is 25.1. The van der Waals surface area contributed by atoms with E-state index in [1.54, 1.807) is 0 Å². The van der Waals surface area contributed by atoms with E-state index in [4.69, 9.17) is 5.73 Å². The van der Waals surface area contributed by atoms with Gasteiger partial charge in [0.25, 0.3) is 0 Å². The molecule has 0 saturated carbocycles. The summed E-state index contributed by atoms with van der Waals surface area (Å²) in [4.78, 5) is 16.6. The number of hydrogen-bond donors (Lipinski definition) is 1. The fraction of sp³-hybridized carbons (Fsp3) is 0.562. The average Bonchev–Trinajstić information content (AvgIpc) is 3.04. The summed E-state index contributed by atoms with van der Waals surface area (Å²) in [5.74, 6) is 0.235. The Hall–Kier alpha value is -1.55. The standard InChI is InChI=1S/C16H23N3O/c1-16(11-17)7-9-19(12-16)15(20)10-18-8-6-13-4-2-3-5-14(13)18/h2-5H,6-12,17H2,1H3. The summed E-state index contributed by atoms with van der Waals surface area (Å²) in [7, 11) is 0. The highest BCUT2D eigenvalue weighted by molar-refractivity contribution is 5.82. The second-order valence-electron chi connectivity index (χ2n) is 6.38. The van der Waals surface area contributed by atoms with Crippen LogP contribution in [0.15, 0.2) is 24.3 Å². The van der Waals surface area contributed by atoms with E-state index in [1.165, 1.54) is 11.3 Å². The van der Waals surface area contributed by atoms with Crippen LogP contribution in [0.2, 0.25) is 0 Å². The highest BCUT2D eigenvalue weighted by Gasteiger charge is 2.35. The average molecular weight is 273 g/mol. The maximum absolute atomic E-state index is 12.5. The van der Waals surface area contributed by atoms with Gasteiger partial charge in [0.05, 0.1) is 6.54 Å². The van der Waals surface area contributed by atoms with Crippen LogP contribution in [0.25, 0.3) is 0 Å². The first-order valence-corrected chi connectivity index (χ1v) is 7.42. The van der Waals surface area contributed by atoms with Crippen molar-refractivity contribution in [2.24, 2.45) is 11.1 Å². The van der Waals surface area contributed by atoms with E-state index in [1.807, 2.05) is 11.0 Å². The molecule has 2 N–H and O–H groups in total. The molecular weight excluding hydrogens is 250 g/mol. The summed E-state index contributed by atoms with van der Waals surface area (Å²) < 4.78 is 0. The van der Waals surface area contributed by atoms with Gasteiger partial charge in [0.15, 0.2) is 0 Å². The number of carbonyl (C=O) groups is 1. The van der Waals surface area contributed by atoms with Crippen LogP contribution in [-0.2, 0) is 11.2 Å². The fourth-order valence-electron chi connectivity index (χ4n) is 3.24. The van der Waals surface area contributed by atoms with Crippen LogP contribution in [0, 0.1) is 5.41 Å². The van der Waals surface area contributed by atoms with Gasteiger partial charge in [-0.25, -0.2) is 0 Å². The molecule has 3 rings (SSSR count). The van der Waals surface area contributed by atoms with Gasteiger partial charge in [-0.15, -0.1) is 0 Å². The van der Waals surface area contributed by atoms with Gasteiger partial charge in [-0.2, -0.15) is 0 Å². The van der Waals surface area contributed by atoms with Gasteiger partial charge in [-0.1, -0.05) is 25.1 Å².